The van der Waals surface area contributed by atoms with Crippen LogP contribution in [0.2, 0.25) is 0 Å². The van der Waals surface area contributed by atoms with E-state index >= 15 is 0 Å². The first-order valence-corrected chi connectivity index (χ1v) is 5.74. The smallest absolute Gasteiger partial charge is 0.350 e. The second-order valence-electron chi connectivity index (χ2n) is 4.55. The molecular formula is C13H14N2O4. The van der Waals surface area contributed by atoms with Crippen LogP contribution in [0, 0.1) is 6.92 Å². The molecule has 6 nitrogen and oxygen atoms in total. The summed E-state index contributed by atoms with van der Waals surface area (Å²) >= 11 is 0. The summed E-state index contributed by atoms with van der Waals surface area (Å²) in [6, 6.07) is 5.36. The molecule has 1 aromatic rings. The van der Waals surface area contributed by atoms with E-state index in [-0.39, 0.29) is 5.57 Å². The highest BCUT2D eigenvalue weighted by atomic mass is 16.7. The van der Waals surface area contributed by atoms with Crippen LogP contribution in [0.4, 0.5) is 5.82 Å². The van der Waals surface area contributed by atoms with Gasteiger partial charge >= 0.3 is 11.9 Å². The summed E-state index contributed by atoms with van der Waals surface area (Å²) in [5.41, 5.74) is 0.626. The minimum absolute atomic E-state index is 0.192. The van der Waals surface area contributed by atoms with Gasteiger partial charge in [0.1, 0.15) is 5.82 Å². The average molecular weight is 262 g/mol. The summed E-state index contributed by atoms with van der Waals surface area (Å²) in [7, 11) is 0. The van der Waals surface area contributed by atoms with Crippen molar-refractivity contribution in [3.8, 4) is 0 Å². The van der Waals surface area contributed by atoms with E-state index in [0.29, 0.717) is 5.82 Å². The van der Waals surface area contributed by atoms with Gasteiger partial charge in [-0.05, 0) is 19.1 Å². The average Bonchev–Trinajstić information content (AvgIpc) is 2.26. The first kappa shape index (κ1) is 13.1. The molecule has 0 aliphatic carbocycles. The van der Waals surface area contributed by atoms with Crippen LogP contribution in [0.15, 0.2) is 30.0 Å². The lowest BCUT2D eigenvalue weighted by molar-refractivity contribution is -0.222. The van der Waals surface area contributed by atoms with Gasteiger partial charge in [-0.2, -0.15) is 0 Å². The molecule has 1 aromatic heterocycles. The van der Waals surface area contributed by atoms with E-state index in [1.807, 2.05) is 19.1 Å². The van der Waals surface area contributed by atoms with Gasteiger partial charge in [0.05, 0.1) is 0 Å². The summed E-state index contributed by atoms with van der Waals surface area (Å²) < 4.78 is 9.92. The van der Waals surface area contributed by atoms with Crippen LogP contribution in [0.25, 0.3) is 0 Å². The van der Waals surface area contributed by atoms with Crippen LogP contribution in [0.3, 0.4) is 0 Å². The Bertz CT molecular complexity index is 542. The van der Waals surface area contributed by atoms with Crippen LogP contribution in [-0.4, -0.2) is 22.7 Å². The molecule has 100 valence electrons. The minimum atomic E-state index is -1.23. The molecule has 1 aliphatic rings. The Morgan fingerprint density at radius 1 is 1.21 bits per heavy atom. The van der Waals surface area contributed by atoms with Gasteiger partial charge in [0.15, 0.2) is 5.57 Å². The van der Waals surface area contributed by atoms with Crippen LogP contribution < -0.4 is 5.32 Å². The molecule has 2 rings (SSSR count). The molecule has 0 unspecified atom stereocenters. The molecule has 0 bridgehead atoms. The Hall–Kier alpha value is -2.37. The highest BCUT2D eigenvalue weighted by Crippen LogP contribution is 2.22. The zero-order valence-corrected chi connectivity index (χ0v) is 10.9. The molecular weight excluding hydrogens is 248 g/mol. The van der Waals surface area contributed by atoms with Gasteiger partial charge in [-0.15, -0.1) is 0 Å². The third kappa shape index (κ3) is 3.09. The number of carbonyl (C=O) groups excluding carboxylic acids is 2. The Balaban J connectivity index is 2.15. The highest BCUT2D eigenvalue weighted by Gasteiger charge is 2.38. The van der Waals surface area contributed by atoms with E-state index in [1.54, 1.807) is 6.07 Å². The maximum Gasteiger partial charge on any atom is 0.350 e. The van der Waals surface area contributed by atoms with Crippen molar-refractivity contribution in [2.75, 3.05) is 5.32 Å². The van der Waals surface area contributed by atoms with E-state index in [1.165, 1.54) is 20.0 Å². The van der Waals surface area contributed by atoms with Gasteiger partial charge in [0.25, 0.3) is 5.79 Å². The van der Waals surface area contributed by atoms with Crippen LogP contribution in [-0.2, 0) is 19.1 Å². The summed E-state index contributed by atoms with van der Waals surface area (Å²) in [5.74, 6) is -2.15. The molecule has 0 atom stereocenters. The molecule has 0 spiro atoms. The van der Waals surface area contributed by atoms with Gasteiger partial charge in [-0.25, -0.2) is 14.6 Å². The second kappa shape index (κ2) is 4.72. The van der Waals surface area contributed by atoms with Crippen LogP contribution in [0.5, 0.6) is 0 Å². The van der Waals surface area contributed by atoms with Crippen molar-refractivity contribution in [1.29, 1.82) is 0 Å². The molecule has 0 saturated carbocycles. The van der Waals surface area contributed by atoms with Crippen molar-refractivity contribution in [1.82, 2.24) is 4.98 Å². The summed E-state index contributed by atoms with van der Waals surface area (Å²) in [6.07, 6.45) is 1.24. The number of cyclic esters (lactones) is 2. The molecule has 6 heteroatoms. The number of nitrogens with zero attached hydrogens (tertiary/aromatic N) is 1. The Labute approximate surface area is 110 Å². The third-order valence-corrected chi connectivity index (χ3v) is 2.37. The molecule has 1 saturated heterocycles. The van der Waals surface area contributed by atoms with Gasteiger partial charge in [-0.3, -0.25) is 0 Å². The first-order chi connectivity index (χ1) is 8.87. The minimum Gasteiger partial charge on any atom is -0.419 e. The SMILES string of the molecule is Cc1cccc(NC=C2C(=O)OC(C)(C)OC2=O)n1. The molecule has 0 radical (unpaired) electrons. The van der Waals surface area contributed by atoms with Crippen LogP contribution in [0.1, 0.15) is 19.5 Å². The Kier molecular flexibility index (Phi) is 3.25. The maximum absolute atomic E-state index is 11.7. The first-order valence-electron chi connectivity index (χ1n) is 5.74. The number of esters is 2. The second-order valence-corrected chi connectivity index (χ2v) is 4.55. The fourth-order valence-corrected chi connectivity index (χ4v) is 1.55. The normalized spacial score (nSPS) is 17.5. The predicted molar refractivity (Wildman–Crippen MR) is 66.9 cm³/mol. The molecule has 0 aromatic carbocycles. The fraction of sp³-hybridized carbons (Fsp3) is 0.308. The molecule has 1 aliphatic heterocycles. The number of hydrogen-bond acceptors (Lipinski definition) is 6. The van der Waals surface area contributed by atoms with E-state index in [9.17, 15) is 9.59 Å². The number of anilines is 1. The summed E-state index contributed by atoms with van der Waals surface area (Å²) in [4.78, 5) is 27.5. The zero-order valence-electron chi connectivity index (χ0n) is 10.9. The lowest BCUT2D eigenvalue weighted by atomic mass is 10.2. The number of aryl methyl sites for hydroxylation is 1. The highest BCUT2D eigenvalue weighted by molar-refractivity contribution is 6.15. The maximum atomic E-state index is 11.7. The summed E-state index contributed by atoms with van der Waals surface area (Å²) in [5, 5.41) is 2.77. The van der Waals surface area contributed by atoms with Gasteiger partial charge in [0, 0.05) is 25.7 Å². The fourth-order valence-electron chi connectivity index (χ4n) is 1.55. The van der Waals surface area contributed by atoms with Crippen molar-refractivity contribution in [3.05, 3.63) is 35.7 Å². The third-order valence-electron chi connectivity index (χ3n) is 2.37. The van der Waals surface area contributed by atoms with Crippen molar-refractivity contribution in [2.24, 2.45) is 0 Å². The van der Waals surface area contributed by atoms with Crippen molar-refractivity contribution in [2.45, 2.75) is 26.6 Å². The number of carbonyl (C=O) groups is 2. The monoisotopic (exact) mass is 262 g/mol. The summed E-state index contributed by atoms with van der Waals surface area (Å²) in [6.45, 7) is 4.83. The number of nitrogens with one attached hydrogen (secondary N) is 1. The van der Waals surface area contributed by atoms with Crippen molar-refractivity contribution >= 4 is 17.8 Å². The lowest BCUT2D eigenvalue weighted by Crippen LogP contribution is -2.42. The predicted octanol–water partition coefficient (Wildman–Crippen LogP) is 1.52. The molecule has 1 N–H and O–H groups in total. The van der Waals surface area contributed by atoms with E-state index in [4.69, 9.17) is 9.47 Å². The number of aromatic nitrogens is 1. The topological polar surface area (TPSA) is 77.5 Å². The quantitative estimate of drug-likeness (QED) is 0.494. The van der Waals surface area contributed by atoms with E-state index in [2.05, 4.69) is 10.3 Å². The van der Waals surface area contributed by atoms with Gasteiger partial charge < -0.3 is 14.8 Å². The van der Waals surface area contributed by atoms with E-state index < -0.39 is 17.7 Å². The lowest BCUT2D eigenvalue weighted by Gasteiger charge is -2.29. The van der Waals surface area contributed by atoms with E-state index in [0.717, 1.165) is 5.69 Å². The van der Waals surface area contributed by atoms with Crippen molar-refractivity contribution < 1.29 is 19.1 Å². The van der Waals surface area contributed by atoms with Gasteiger partial charge in [-0.1, -0.05) is 6.07 Å². The van der Waals surface area contributed by atoms with Crippen LogP contribution >= 0.6 is 0 Å². The largest absolute Gasteiger partial charge is 0.419 e. The Morgan fingerprint density at radius 2 is 1.84 bits per heavy atom. The Morgan fingerprint density at radius 3 is 2.42 bits per heavy atom. The van der Waals surface area contributed by atoms with Gasteiger partial charge in [0.2, 0.25) is 0 Å². The molecule has 19 heavy (non-hydrogen) atoms. The number of ether oxygens (including phenoxy) is 2. The molecule has 0 amide bonds. The zero-order chi connectivity index (χ0) is 14.0. The standard InChI is InChI=1S/C13H14N2O4/c1-8-5-4-6-10(15-8)14-7-9-11(16)18-13(2,3)19-12(9)17/h4-7H,1-3H3,(H,14,15). The number of hydrogen-bond donors (Lipinski definition) is 1. The van der Waals surface area contributed by atoms with Crippen molar-refractivity contribution in [3.63, 3.8) is 0 Å². The number of rotatable bonds is 2. The molecule has 1 fully saturated rings. The number of pyridine rings is 1. The molecule has 2 heterocycles.